The highest BCUT2D eigenvalue weighted by Crippen LogP contribution is 2.37. The first-order chi connectivity index (χ1) is 8.80. The summed E-state index contributed by atoms with van der Waals surface area (Å²) in [5.74, 6) is -0.561. The highest BCUT2D eigenvalue weighted by molar-refractivity contribution is 5.85. The summed E-state index contributed by atoms with van der Waals surface area (Å²) in [7, 11) is 1.25. The number of alkyl halides is 2. The maximum absolute atomic E-state index is 12.3. The van der Waals surface area contributed by atoms with Gasteiger partial charge in [-0.2, -0.15) is 8.78 Å². The molecule has 0 aromatic heterocycles. The van der Waals surface area contributed by atoms with Crippen molar-refractivity contribution in [3.8, 4) is 5.75 Å². The third-order valence-electron chi connectivity index (χ3n) is 2.96. The van der Waals surface area contributed by atoms with E-state index in [0.717, 1.165) is 0 Å². The highest BCUT2D eigenvalue weighted by atomic mass is 35.5. The van der Waals surface area contributed by atoms with Gasteiger partial charge in [-0.15, -0.1) is 12.4 Å². The number of carbonyl (C=O) groups excluding carboxylic acids is 1. The minimum Gasteiger partial charge on any atom is -0.469 e. The number of esters is 1. The zero-order chi connectivity index (χ0) is 14.6. The molecule has 1 atom stereocenters. The van der Waals surface area contributed by atoms with Crippen LogP contribution in [-0.4, -0.2) is 19.7 Å². The van der Waals surface area contributed by atoms with Crippen LogP contribution in [0.3, 0.4) is 0 Å². The minimum absolute atomic E-state index is 0. The molecule has 0 bridgehead atoms. The van der Waals surface area contributed by atoms with Crippen molar-refractivity contribution in [2.24, 2.45) is 11.1 Å². The van der Waals surface area contributed by atoms with Gasteiger partial charge in [0.1, 0.15) is 5.75 Å². The first-order valence-electron chi connectivity index (χ1n) is 5.68. The monoisotopic (exact) mass is 309 g/mol. The fourth-order valence-electron chi connectivity index (χ4n) is 1.72. The molecule has 114 valence electrons. The van der Waals surface area contributed by atoms with E-state index in [1.807, 2.05) is 0 Å². The maximum Gasteiger partial charge on any atom is 0.387 e. The fourth-order valence-corrected chi connectivity index (χ4v) is 1.72. The number of ether oxygens (including phenoxy) is 2. The van der Waals surface area contributed by atoms with Crippen LogP contribution < -0.4 is 10.5 Å². The summed E-state index contributed by atoms with van der Waals surface area (Å²) in [5, 5.41) is 0. The van der Waals surface area contributed by atoms with Gasteiger partial charge in [0.05, 0.1) is 12.5 Å². The normalized spacial score (nSPS) is 12.6. The summed E-state index contributed by atoms with van der Waals surface area (Å²) in [4.78, 5) is 11.7. The van der Waals surface area contributed by atoms with Crippen molar-refractivity contribution in [3.05, 3.63) is 29.8 Å². The fraction of sp³-hybridized carbons (Fsp3) is 0.462. The Morgan fingerprint density at radius 3 is 2.35 bits per heavy atom. The summed E-state index contributed by atoms with van der Waals surface area (Å²) in [6.07, 6.45) is 0. The van der Waals surface area contributed by atoms with Crippen LogP contribution in [0.25, 0.3) is 0 Å². The SMILES string of the molecule is COC(=O)C(C)(C)[C@@H](N)c1ccccc1OC(F)F.Cl. The van der Waals surface area contributed by atoms with E-state index in [4.69, 9.17) is 5.73 Å². The lowest BCUT2D eigenvalue weighted by Gasteiger charge is -2.29. The molecular weight excluding hydrogens is 292 g/mol. The quantitative estimate of drug-likeness (QED) is 0.850. The summed E-state index contributed by atoms with van der Waals surface area (Å²) in [6, 6.07) is 5.30. The molecule has 0 aliphatic heterocycles. The Labute approximate surface area is 122 Å². The first kappa shape index (κ1) is 18.6. The van der Waals surface area contributed by atoms with Crippen LogP contribution in [0.5, 0.6) is 5.75 Å². The van der Waals surface area contributed by atoms with Gasteiger partial charge in [0.25, 0.3) is 0 Å². The molecule has 0 heterocycles. The van der Waals surface area contributed by atoms with Crippen LogP contribution in [0.2, 0.25) is 0 Å². The topological polar surface area (TPSA) is 61.5 Å². The second kappa shape index (κ2) is 7.40. The van der Waals surface area contributed by atoms with Crippen LogP contribution in [0.1, 0.15) is 25.5 Å². The van der Waals surface area contributed by atoms with Crippen molar-refractivity contribution in [1.82, 2.24) is 0 Å². The maximum atomic E-state index is 12.3. The standard InChI is InChI=1S/C13H17F2NO3.ClH/c1-13(2,11(17)18-3)10(16)8-6-4-5-7-9(8)19-12(14)15;/h4-7,10,12H,16H2,1-3H3;1H/t10-;/m0./s1. The lowest BCUT2D eigenvalue weighted by Crippen LogP contribution is -2.37. The third-order valence-corrected chi connectivity index (χ3v) is 2.96. The number of hydrogen-bond acceptors (Lipinski definition) is 4. The second-order valence-corrected chi connectivity index (χ2v) is 4.61. The molecule has 0 saturated heterocycles. The zero-order valence-electron chi connectivity index (χ0n) is 11.4. The Balaban J connectivity index is 0.00000361. The van der Waals surface area contributed by atoms with E-state index in [0.29, 0.717) is 5.56 Å². The molecule has 20 heavy (non-hydrogen) atoms. The van der Waals surface area contributed by atoms with Gasteiger partial charge in [-0.25, -0.2) is 0 Å². The molecule has 1 aromatic carbocycles. The number of methoxy groups -OCH3 is 1. The van der Waals surface area contributed by atoms with E-state index in [2.05, 4.69) is 9.47 Å². The molecule has 0 saturated carbocycles. The van der Waals surface area contributed by atoms with Gasteiger partial charge in [-0.05, 0) is 19.9 Å². The van der Waals surface area contributed by atoms with E-state index in [-0.39, 0.29) is 18.2 Å². The van der Waals surface area contributed by atoms with Gasteiger partial charge >= 0.3 is 12.6 Å². The average molecular weight is 310 g/mol. The van der Waals surface area contributed by atoms with Crippen LogP contribution >= 0.6 is 12.4 Å². The Hall–Kier alpha value is -1.40. The molecule has 0 fully saturated rings. The van der Waals surface area contributed by atoms with E-state index in [1.54, 1.807) is 32.0 Å². The number of rotatable bonds is 5. The molecule has 0 aliphatic carbocycles. The predicted octanol–water partition coefficient (Wildman–Crippen LogP) is 2.91. The predicted molar refractivity (Wildman–Crippen MR) is 73.0 cm³/mol. The van der Waals surface area contributed by atoms with Gasteiger partial charge in [0.15, 0.2) is 0 Å². The number of para-hydroxylation sites is 1. The molecule has 2 N–H and O–H groups in total. The van der Waals surface area contributed by atoms with Gasteiger partial charge in [-0.1, -0.05) is 18.2 Å². The average Bonchev–Trinajstić information content (AvgIpc) is 2.36. The van der Waals surface area contributed by atoms with Gasteiger partial charge < -0.3 is 15.2 Å². The van der Waals surface area contributed by atoms with E-state index >= 15 is 0 Å². The van der Waals surface area contributed by atoms with Crippen molar-refractivity contribution < 1.29 is 23.0 Å². The Morgan fingerprint density at radius 2 is 1.85 bits per heavy atom. The van der Waals surface area contributed by atoms with Gasteiger partial charge in [0, 0.05) is 11.6 Å². The highest BCUT2D eigenvalue weighted by Gasteiger charge is 2.38. The van der Waals surface area contributed by atoms with E-state index in [9.17, 15) is 13.6 Å². The molecule has 1 rings (SSSR count). The first-order valence-corrected chi connectivity index (χ1v) is 5.68. The second-order valence-electron chi connectivity index (χ2n) is 4.61. The van der Waals surface area contributed by atoms with Crippen LogP contribution in [0.15, 0.2) is 24.3 Å². The van der Waals surface area contributed by atoms with Gasteiger partial charge in [0.2, 0.25) is 0 Å². The number of nitrogens with two attached hydrogens (primary N) is 1. The number of hydrogen-bond donors (Lipinski definition) is 1. The Morgan fingerprint density at radius 1 is 1.30 bits per heavy atom. The molecular formula is C13H18ClF2NO3. The molecule has 7 heteroatoms. The summed E-state index contributed by atoms with van der Waals surface area (Å²) >= 11 is 0. The van der Waals surface area contributed by atoms with Crippen LogP contribution in [-0.2, 0) is 9.53 Å². The number of benzene rings is 1. The summed E-state index contributed by atoms with van der Waals surface area (Å²) in [5.41, 5.74) is 5.27. The van der Waals surface area contributed by atoms with Crippen molar-refractivity contribution >= 4 is 18.4 Å². The molecule has 0 unspecified atom stereocenters. The van der Waals surface area contributed by atoms with Crippen LogP contribution in [0.4, 0.5) is 8.78 Å². The molecule has 1 aromatic rings. The summed E-state index contributed by atoms with van der Waals surface area (Å²) in [6.45, 7) is 0.222. The van der Waals surface area contributed by atoms with Crippen molar-refractivity contribution in [1.29, 1.82) is 0 Å². The van der Waals surface area contributed by atoms with Crippen molar-refractivity contribution in [2.45, 2.75) is 26.5 Å². The molecule has 0 aliphatic rings. The number of halogens is 3. The lowest BCUT2D eigenvalue weighted by atomic mass is 9.80. The van der Waals surface area contributed by atoms with Crippen LogP contribution in [0, 0.1) is 5.41 Å². The van der Waals surface area contributed by atoms with Crippen molar-refractivity contribution in [3.63, 3.8) is 0 Å². The molecule has 4 nitrogen and oxygen atoms in total. The Kier molecular flexibility index (Phi) is 6.88. The molecule has 0 spiro atoms. The largest absolute Gasteiger partial charge is 0.469 e. The minimum atomic E-state index is -2.95. The smallest absolute Gasteiger partial charge is 0.387 e. The Bertz CT molecular complexity index is 455. The van der Waals surface area contributed by atoms with Crippen molar-refractivity contribution in [2.75, 3.05) is 7.11 Å². The summed E-state index contributed by atoms with van der Waals surface area (Å²) < 4.78 is 33.7. The lowest BCUT2D eigenvalue weighted by molar-refractivity contribution is -0.152. The van der Waals surface area contributed by atoms with E-state index < -0.39 is 24.0 Å². The molecule has 0 radical (unpaired) electrons. The zero-order valence-corrected chi connectivity index (χ0v) is 12.2. The van der Waals surface area contributed by atoms with Gasteiger partial charge in [-0.3, -0.25) is 4.79 Å². The third kappa shape index (κ3) is 4.05. The van der Waals surface area contributed by atoms with E-state index in [1.165, 1.54) is 13.2 Å². The number of carbonyl (C=O) groups is 1. The molecule has 0 amide bonds.